The topological polar surface area (TPSA) is 24.7 Å². The van der Waals surface area contributed by atoms with Gasteiger partial charge in [0.25, 0.3) is 0 Å². The summed E-state index contributed by atoms with van der Waals surface area (Å²) >= 11 is 3.37. The van der Waals surface area contributed by atoms with Crippen LogP contribution in [0, 0.1) is 10.4 Å². The van der Waals surface area contributed by atoms with Crippen molar-refractivity contribution in [2.24, 2.45) is 9.98 Å². The number of hydrogen-bond acceptors (Lipinski definition) is 2. The van der Waals surface area contributed by atoms with Crippen LogP contribution < -0.4 is 10.7 Å². The lowest BCUT2D eigenvalue weighted by Gasteiger charge is -2.08. The first-order chi connectivity index (χ1) is 11.9. The molecule has 0 saturated carbocycles. The van der Waals surface area contributed by atoms with Gasteiger partial charge in [-0.3, -0.25) is 0 Å². The molecule has 2 nitrogen and oxygen atoms in total. The number of nitrogens with zero attached hydrogens (tertiary/aromatic N) is 2. The van der Waals surface area contributed by atoms with E-state index in [1.54, 1.807) is 0 Å². The van der Waals surface area contributed by atoms with E-state index >= 15 is 0 Å². The third-order valence-corrected chi connectivity index (χ3v) is 5.00. The molecule has 0 saturated heterocycles. The van der Waals surface area contributed by atoms with Gasteiger partial charge in [-0.05, 0) is 41.2 Å². The molecule has 0 N–H and O–H groups in total. The third-order valence-electron chi connectivity index (χ3n) is 4.63. The summed E-state index contributed by atoms with van der Waals surface area (Å²) in [6.45, 7) is 0. The smallest absolute Gasteiger partial charge is 0.0817 e. The normalized spacial score (nSPS) is 13.0. The van der Waals surface area contributed by atoms with E-state index in [9.17, 15) is 0 Å². The highest BCUT2D eigenvalue weighted by molar-refractivity contribution is 9.11. The Morgan fingerprint density at radius 2 is 1.71 bits per heavy atom. The molecule has 0 unspecified atom stereocenters. The summed E-state index contributed by atoms with van der Waals surface area (Å²) in [4.78, 5) is 11.7. The molecule has 2 heterocycles. The Balaban J connectivity index is 1.89. The molecule has 3 heteroatoms. The zero-order valence-electron chi connectivity index (χ0n) is 12.8. The van der Waals surface area contributed by atoms with Crippen molar-refractivity contribution < 1.29 is 0 Å². The van der Waals surface area contributed by atoms with E-state index in [0.717, 1.165) is 28.5 Å². The molecule has 2 aliphatic heterocycles. The van der Waals surface area contributed by atoms with Crippen LogP contribution in [0.5, 0.6) is 0 Å². The van der Waals surface area contributed by atoms with Crippen LogP contribution in [0.3, 0.4) is 0 Å². The number of halogens is 1. The molecule has 0 fully saturated rings. The van der Waals surface area contributed by atoms with Crippen molar-refractivity contribution in [2.45, 2.75) is 6.42 Å². The molecule has 3 aromatic carbocycles. The monoisotopic (exact) mass is 372 g/mol. The molecule has 3 aromatic rings. The zero-order chi connectivity index (χ0) is 16.1. The molecule has 24 heavy (non-hydrogen) atoms. The van der Waals surface area contributed by atoms with Gasteiger partial charge in [-0.25, -0.2) is 9.98 Å². The van der Waals surface area contributed by atoms with Crippen LogP contribution in [-0.2, 0) is 6.42 Å². The Bertz CT molecular complexity index is 1240. The lowest BCUT2D eigenvalue weighted by Crippen LogP contribution is -2.01. The first-order valence-corrected chi connectivity index (χ1v) is 8.86. The van der Waals surface area contributed by atoms with E-state index in [-0.39, 0.29) is 0 Å². The second-order valence-electron chi connectivity index (χ2n) is 5.97. The third kappa shape index (κ3) is 1.88. The fourth-order valence-electron chi connectivity index (χ4n) is 3.61. The number of benzene rings is 3. The summed E-state index contributed by atoms with van der Waals surface area (Å²) in [5, 5.41) is 4.49. The maximum atomic E-state index is 4.92. The van der Waals surface area contributed by atoms with Crippen molar-refractivity contribution in [2.75, 3.05) is 0 Å². The van der Waals surface area contributed by atoms with Gasteiger partial charge < -0.3 is 0 Å². The summed E-state index contributed by atoms with van der Waals surface area (Å²) < 4.78 is 0. The Hall–Kier alpha value is -2.52. The van der Waals surface area contributed by atoms with Gasteiger partial charge in [0, 0.05) is 21.6 Å². The van der Waals surface area contributed by atoms with Gasteiger partial charge in [0.05, 0.1) is 22.1 Å². The quantitative estimate of drug-likeness (QED) is 0.431. The number of para-hydroxylation sites is 1. The van der Waals surface area contributed by atoms with E-state index in [0.29, 0.717) is 0 Å². The Kier molecular flexibility index (Phi) is 3.03. The molecule has 0 aliphatic carbocycles. The first-order valence-electron chi connectivity index (χ1n) is 7.94. The maximum absolute atomic E-state index is 4.92. The van der Waals surface area contributed by atoms with Gasteiger partial charge in [-0.2, -0.15) is 0 Å². The van der Waals surface area contributed by atoms with Crippen molar-refractivity contribution in [3.05, 3.63) is 92.4 Å². The van der Waals surface area contributed by atoms with Crippen LogP contribution in [-0.4, -0.2) is 0 Å². The van der Waals surface area contributed by atoms with Gasteiger partial charge in [0.15, 0.2) is 0 Å². The van der Waals surface area contributed by atoms with Crippen LogP contribution in [0.4, 0.5) is 11.4 Å². The van der Waals surface area contributed by atoms with Crippen LogP contribution in [0.25, 0.3) is 11.1 Å². The van der Waals surface area contributed by atoms with Crippen LogP contribution in [0.1, 0.15) is 5.56 Å². The molecule has 0 aromatic heterocycles. The Morgan fingerprint density at radius 3 is 2.62 bits per heavy atom. The average molecular weight is 373 g/mol. The van der Waals surface area contributed by atoms with Crippen molar-refractivity contribution in [3.8, 4) is 11.1 Å². The molecule has 114 valence electrons. The second-order valence-corrected chi connectivity index (χ2v) is 6.50. The second kappa shape index (κ2) is 5.25. The molecule has 0 atom stereocenters. The SMILES string of the molecule is BrC=CCc1cccc2c1-c1c3c(ccc1=N2)=c1ccccc1=N3. The van der Waals surface area contributed by atoms with Gasteiger partial charge >= 0.3 is 0 Å². The average Bonchev–Trinajstić information content (AvgIpc) is 3.17. The number of rotatable bonds is 2. The summed E-state index contributed by atoms with van der Waals surface area (Å²) in [6, 6.07) is 19.0. The fourth-order valence-corrected chi connectivity index (χ4v) is 3.80. The van der Waals surface area contributed by atoms with Gasteiger partial charge in [0.1, 0.15) is 0 Å². The van der Waals surface area contributed by atoms with E-state index < -0.39 is 0 Å². The predicted octanol–water partition coefficient (Wildman–Crippen LogP) is 4.62. The van der Waals surface area contributed by atoms with Crippen molar-refractivity contribution >= 4 is 27.3 Å². The zero-order valence-corrected chi connectivity index (χ0v) is 14.4. The molecular weight excluding hydrogens is 360 g/mol. The lowest BCUT2D eigenvalue weighted by molar-refractivity contribution is 1.28. The molecule has 2 aliphatic rings. The Morgan fingerprint density at radius 1 is 0.792 bits per heavy atom. The minimum absolute atomic E-state index is 0.875. The predicted molar refractivity (Wildman–Crippen MR) is 99.4 cm³/mol. The highest BCUT2D eigenvalue weighted by Gasteiger charge is 2.22. The number of hydrogen-bond donors (Lipinski definition) is 0. The largest absolute Gasteiger partial charge is 0.248 e. The van der Waals surface area contributed by atoms with Crippen LogP contribution in [0.2, 0.25) is 0 Å². The molecular formula is C21H13BrN2. The van der Waals surface area contributed by atoms with Gasteiger partial charge in [0.2, 0.25) is 0 Å². The standard InChI is InChI=1S/C21H13BrN2/c22-12-4-6-13-5-3-9-17-19(13)20-18(23-17)11-10-15-14-7-1-2-8-16(14)24-21(15)20/h1-5,7-12H,6H2. The Labute approximate surface area is 147 Å². The van der Waals surface area contributed by atoms with Crippen molar-refractivity contribution in [1.82, 2.24) is 0 Å². The minimum Gasteiger partial charge on any atom is -0.248 e. The van der Waals surface area contributed by atoms with E-state index in [4.69, 9.17) is 9.98 Å². The number of allylic oxidation sites excluding steroid dienone is 1. The molecule has 0 radical (unpaired) electrons. The number of fused-ring (bicyclic) bond motifs is 6. The van der Waals surface area contributed by atoms with E-state index in [2.05, 4.69) is 70.5 Å². The minimum atomic E-state index is 0.875. The summed E-state index contributed by atoms with van der Waals surface area (Å²) in [5.41, 5.74) is 5.80. The summed E-state index contributed by atoms with van der Waals surface area (Å²) in [6.07, 6.45) is 2.99. The van der Waals surface area contributed by atoms with Gasteiger partial charge in [-0.1, -0.05) is 52.3 Å². The van der Waals surface area contributed by atoms with Crippen molar-refractivity contribution in [3.63, 3.8) is 0 Å². The van der Waals surface area contributed by atoms with E-state index in [1.165, 1.54) is 27.1 Å². The van der Waals surface area contributed by atoms with Crippen molar-refractivity contribution in [1.29, 1.82) is 0 Å². The highest BCUT2D eigenvalue weighted by atomic mass is 79.9. The lowest BCUT2D eigenvalue weighted by atomic mass is 9.95. The molecule has 0 spiro atoms. The van der Waals surface area contributed by atoms with Crippen LogP contribution >= 0.6 is 15.9 Å². The maximum Gasteiger partial charge on any atom is 0.0817 e. The van der Waals surface area contributed by atoms with Gasteiger partial charge in [-0.15, -0.1) is 0 Å². The molecule has 0 bridgehead atoms. The summed E-state index contributed by atoms with van der Waals surface area (Å²) in [5.74, 6) is 0. The fraction of sp³-hybridized carbons (Fsp3) is 0.0476. The summed E-state index contributed by atoms with van der Waals surface area (Å²) in [7, 11) is 0. The molecule has 5 rings (SSSR count). The van der Waals surface area contributed by atoms with E-state index in [1.807, 2.05) is 11.1 Å². The van der Waals surface area contributed by atoms with Crippen LogP contribution in [0.15, 0.2) is 75.6 Å². The first kappa shape index (κ1) is 13.9. The molecule has 0 amide bonds. The highest BCUT2D eigenvalue weighted by Crippen LogP contribution is 2.41.